The molecular formula is C20H23ClN2O2S. The minimum atomic E-state index is -0.288. The molecule has 138 valence electrons. The Labute approximate surface area is 162 Å². The standard InChI is InChI=1S/C20H23ClN2O2S/c1-12-10-20(18-14(6-7-25-20)9-17(21)26-18)11-16(23-12)13-4-3-5-15(8-13)19(24)22-2/h3-5,8-9,12,16,23H,6-7,10-11H2,1-2H3,(H,22,24)/t12-,16-,20-/m0/s1. The molecule has 2 aliphatic rings. The average molecular weight is 391 g/mol. The van der Waals surface area contributed by atoms with E-state index in [4.69, 9.17) is 16.3 Å². The van der Waals surface area contributed by atoms with Crippen molar-refractivity contribution < 1.29 is 9.53 Å². The Morgan fingerprint density at radius 3 is 3.04 bits per heavy atom. The normalized spacial score (nSPS) is 28.0. The van der Waals surface area contributed by atoms with Crippen molar-refractivity contribution in [3.63, 3.8) is 0 Å². The van der Waals surface area contributed by atoms with Crippen LogP contribution in [0, 0.1) is 0 Å². The first-order chi connectivity index (χ1) is 12.5. The van der Waals surface area contributed by atoms with Gasteiger partial charge in [0.25, 0.3) is 5.91 Å². The monoisotopic (exact) mass is 390 g/mol. The third-order valence-electron chi connectivity index (χ3n) is 5.38. The van der Waals surface area contributed by atoms with Crippen LogP contribution in [0.1, 0.15) is 52.2 Å². The summed E-state index contributed by atoms with van der Waals surface area (Å²) in [5.74, 6) is -0.0633. The number of fused-ring (bicyclic) bond motifs is 2. The zero-order valence-electron chi connectivity index (χ0n) is 15.0. The highest BCUT2D eigenvalue weighted by Gasteiger charge is 2.46. The lowest BCUT2D eigenvalue weighted by molar-refractivity contribution is -0.0954. The summed E-state index contributed by atoms with van der Waals surface area (Å²) in [6.07, 6.45) is 2.71. The molecule has 6 heteroatoms. The second-order valence-corrected chi connectivity index (χ2v) is 8.91. The van der Waals surface area contributed by atoms with E-state index >= 15 is 0 Å². The van der Waals surface area contributed by atoms with Crippen LogP contribution in [0.15, 0.2) is 30.3 Å². The molecule has 0 saturated carbocycles. The Morgan fingerprint density at radius 1 is 1.38 bits per heavy atom. The van der Waals surface area contributed by atoms with Gasteiger partial charge in [0.2, 0.25) is 0 Å². The molecule has 0 radical (unpaired) electrons. The summed E-state index contributed by atoms with van der Waals surface area (Å²) in [7, 11) is 1.66. The minimum absolute atomic E-state index is 0.0633. The van der Waals surface area contributed by atoms with Crippen LogP contribution in [-0.4, -0.2) is 25.6 Å². The molecular weight excluding hydrogens is 368 g/mol. The molecule has 4 nitrogen and oxygen atoms in total. The van der Waals surface area contributed by atoms with E-state index in [2.05, 4.69) is 29.7 Å². The van der Waals surface area contributed by atoms with Crippen molar-refractivity contribution in [2.75, 3.05) is 13.7 Å². The van der Waals surface area contributed by atoms with E-state index in [0.717, 1.165) is 35.8 Å². The molecule has 1 aromatic heterocycles. The van der Waals surface area contributed by atoms with E-state index in [0.29, 0.717) is 11.6 Å². The molecule has 1 saturated heterocycles. The van der Waals surface area contributed by atoms with Crippen molar-refractivity contribution >= 4 is 28.8 Å². The number of carbonyl (C=O) groups is 1. The number of halogens is 1. The topological polar surface area (TPSA) is 50.4 Å². The fourth-order valence-electron chi connectivity index (χ4n) is 4.32. The minimum Gasteiger partial charge on any atom is -0.369 e. The number of ether oxygens (including phenoxy) is 1. The van der Waals surface area contributed by atoms with Crippen LogP contribution in [0.4, 0.5) is 0 Å². The van der Waals surface area contributed by atoms with Gasteiger partial charge in [0.05, 0.1) is 10.9 Å². The van der Waals surface area contributed by atoms with Crippen molar-refractivity contribution in [1.29, 1.82) is 0 Å². The number of benzene rings is 1. The van der Waals surface area contributed by atoms with Crippen molar-refractivity contribution in [1.82, 2.24) is 10.6 Å². The number of nitrogens with one attached hydrogen (secondary N) is 2. The molecule has 1 fully saturated rings. The number of hydrogen-bond donors (Lipinski definition) is 2. The maximum Gasteiger partial charge on any atom is 0.251 e. The Hall–Kier alpha value is -1.40. The fourth-order valence-corrected chi connectivity index (χ4v) is 5.78. The Balaban J connectivity index is 1.69. The number of amides is 1. The van der Waals surface area contributed by atoms with E-state index in [1.807, 2.05) is 18.2 Å². The highest BCUT2D eigenvalue weighted by molar-refractivity contribution is 7.16. The SMILES string of the molecule is CNC(=O)c1cccc([C@@H]2C[C@]3(C[C@H](C)N2)OCCc2cc(Cl)sc23)c1. The van der Waals surface area contributed by atoms with Crippen LogP contribution in [0.2, 0.25) is 4.34 Å². The van der Waals surface area contributed by atoms with Gasteiger partial charge in [-0.05, 0) is 49.1 Å². The van der Waals surface area contributed by atoms with Gasteiger partial charge in [-0.2, -0.15) is 0 Å². The summed E-state index contributed by atoms with van der Waals surface area (Å²) in [5.41, 5.74) is 2.85. The number of carbonyl (C=O) groups excluding carboxylic acids is 1. The van der Waals surface area contributed by atoms with Gasteiger partial charge >= 0.3 is 0 Å². The first kappa shape index (κ1) is 18.0. The number of thiophene rings is 1. The molecule has 1 spiro atoms. The van der Waals surface area contributed by atoms with Gasteiger partial charge in [-0.25, -0.2) is 0 Å². The zero-order valence-corrected chi connectivity index (χ0v) is 16.5. The van der Waals surface area contributed by atoms with Gasteiger partial charge in [0.15, 0.2) is 0 Å². The van der Waals surface area contributed by atoms with Gasteiger partial charge in [-0.1, -0.05) is 23.7 Å². The first-order valence-electron chi connectivity index (χ1n) is 9.01. The maximum atomic E-state index is 12.0. The van der Waals surface area contributed by atoms with Crippen LogP contribution >= 0.6 is 22.9 Å². The largest absolute Gasteiger partial charge is 0.369 e. The summed E-state index contributed by atoms with van der Waals surface area (Å²) in [5, 5.41) is 6.38. The second kappa shape index (κ2) is 6.97. The molecule has 3 heterocycles. The van der Waals surface area contributed by atoms with E-state index < -0.39 is 0 Å². The zero-order chi connectivity index (χ0) is 18.3. The number of piperidine rings is 1. The second-order valence-electron chi connectivity index (χ2n) is 7.23. The van der Waals surface area contributed by atoms with E-state index in [9.17, 15) is 4.79 Å². The summed E-state index contributed by atoms with van der Waals surface area (Å²) in [4.78, 5) is 13.3. The molecule has 3 atom stereocenters. The quantitative estimate of drug-likeness (QED) is 0.813. The van der Waals surface area contributed by atoms with Crippen LogP contribution < -0.4 is 10.6 Å². The fraction of sp³-hybridized carbons (Fsp3) is 0.450. The van der Waals surface area contributed by atoms with Gasteiger partial charge in [0, 0.05) is 36.0 Å². The van der Waals surface area contributed by atoms with Crippen LogP contribution in [0.5, 0.6) is 0 Å². The molecule has 26 heavy (non-hydrogen) atoms. The van der Waals surface area contributed by atoms with Crippen molar-refractivity contribution in [3.05, 3.63) is 56.2 Å². The molecule has 0 aliphatic carbocycles. The third-order valence-corrected chi connectivity index (χ3v) is 6.87. The van der Waals surface area contributed by atoms with Crippen LogP contribution in [0.25, 0.3) is 0 Å². The highest BCUT2D eigenvalue weighted by Crippen LogP contribution is 2.50. The number of hydrogen-bond acceptors (Lipinski definition) is 4. The average Bonchev–Trinajstić information content (AvgIpc) is 3.03. The summed E-state index contributed by atoms with van der Waals surface area (Å²) >= 11 is 7.97. The lowest BCUT2D eigenvalue weighted by atomic mass is 9.78. The predicted molar refractivity (Wildman–Crippen MR) is 105 cm³/mol. The van der Waals surface area contributed by atoms with Gasteiger partial charge in [-0.15, -0.1) is 11.3 Å². The Bertz CT molecular complexity index is 837. The Morgan fingerprint density at radius 2 is 2.23 bits per heavy atom. The molecule has 2 aliphatic heterocycles. The first-order valence-corrected chi connectivity index (χ1v) is 10.2. The molecule has 1 amide bonds. The molecule has 2 aromatic rings. The molecule has 4 rings (SSSR count). The third kappa shape index (κ3) is 3.18. The van der Waals surface area contributed by atoms with Crippen LogP contribution in [0.3, 0.4) is 0 Å². The summed E-state index contributed by atoms with van der Waals surface area (Å²) in [6, 6.07) is 10.4. The molecule has 0 unspecified atom stereocenters. The van der Waals surface area contributed by atoms with Crippen molar-refractivity contribution in [2.45, 2.75) is 43.9 Å². The smallest absolute Gasteiger partial charge is 0.251 e. The Kier molecular flexibility index (Phi) is 4.82. The van der Waals surface area contributed by atoms with E-state index in [-0.39, 0.29) is 17.6 Å². The molecule has 2 N–H and O–H groups in total. The van der Waals surface area contributed by atoms with Crippen molar-refractivity contribution in [3.8, 4) is 0 Å². The summed E-state index contributed by atoms with van der Waals surface area (Å²) < 4.78 is 7.24. The summed E-state index contributed by atoms with van der Waals surface area (Å²) in [6.45, 7) is 2.93. The highest BCUT2D eigenvalue weighted by atomic mass is 35.5. The maximum absolute atomic E-state index is 12.0. The lowest BCUT2D eigenvalue weighted by Crippen LogP contribution is -2.49. The predicted octanol–water partition coefficient (Wildman–Crippen LogP) is 4.04. The van der Waals surface area contributed by atoms with Gasteiger partial charge < -0.3 is 15.4 Å². The van der Waals surface area contributed by atoms with Crippen molar-refractivity contribution in [2.24, 2.45) is 0 Å². The molecule has 0 bridgehead atoms. The van der Waals surface area contributed by atoms with E-state index in [1.165, 1.54) is 10.4 Å². The lowest BCUT2D eigenvalue weighted by Gasteiger charge is -2.46. The van der Waals surface area contributed by atoms with E-state index in [1.54, 1.807) is 18.4 Å². The van der Waals surface area contributed by atoms with Gasteiger partial charge in [-0.3, -0.25) is 4.79 Å². The number of rotatable bonds is 2. The van der Waals surface area contributed by atoms with Gasteiger partial charge in [0.1, 0.15) is 5.60 Å². The van der Waals surface area contributed by atoms with Crippen LogP contribution in [-0.2, 0) is 16.8 Å². The molecule has 1 aromatic carbocycles.